The molecule has 0 heterocycles. The molecule has 0 aliphatic rings. The van der Waals surface area contributed by atoms with Crippen LogP contribution >= 0.6 is 11.6 Å². The zero-order chi connectivity index (χ0) is 11.4. The molecule has 1 aromatic carbocycles. The van der Waals surface area contributed by atoms with E-state index in [0.29, 0.717) is 6.61 Å². The van der Waals surface area contributed by atoms with Gasteiger partial charge in [-0.1, -0.05) is 25.1 Å². The molecule has 1 unspecified atom stereocenters. The molecule has 0 saturated heterocycles. The van der Waals surface area contributed by atoms with Crippen LogP contribution in [0.2, 0.25) is 0 Å². The van der Waals surface area contributed by atoms with Gasteiger partial charge in [-0.15, -0.1) is 0 Å². The van der Waals surface area contributed by atoms with Crippen LogP contribution in [0.15, 0.2) is 18.2 Å². The van der Waals surface area contributed by atoms with Crippen LogP contribution in [0, 0.1) is 19.8 Å². The molecule has 2 nitrogen and oxygen atoms in total. The molecule has 1 rings (SSSR count). The van der Waals surface area contributed by atoms with Crippen molar-refractivity contribution in [3.8, 4) is 5.75 Å². The standard InChI is InChI=1S/C12H15ClO2/c1-8-5-4-6-9(2)11(8)15-7-10(3)12(13)14/h4-6,10H,7H2,1-3H3. The van der Waals surface area contributed by atoms with E-state index in [0.717, 1.165) is 16.9 Å². The Hall–Kier alpha value is -1.02. The second-order valence-corrected chi connectivity index (χ2v) is 4.11. The molecule has 0 bridgehead atoms. The summed E-state index contributed by atoms with van der Waals surface area (Å²) in [6.45, 7) is 6.04. The lowest BCUT2D eigenvalue weighted by Gasteiger charge is -2.13. The molecule has 0 fully saturated rings. The van der Waals surface area contributed by atoms with E-state index in [1.165, 1.54) is 0 Å². The normalized spacial score (nSPS) is 12.3. The van der Waals surface area contributed by atoms with Crippen LogP contribution in [0.3, 0.4) is 0 Å². The average Bonchev–Trinajstić information content (AvgIpc) is 2.16. The lowest BCUT2D eigenvalue weighted by Crippen LogP contribution is -2.15. The Morgan fingerprint density at radius 2 is 1.93 bits per heavy atom. The van der Waals surface area contributed by atoms with E-state index in [4.69, 9.17) is 16.3 Å². The number of para-hydroxylation sites is 1. The van der Waals surface area contributed by atoms with Gasteiger partial charge in [-0.05, 0) is 36.6 Å². The fourth-order valence-electron chi connectivity index (χ4n) is 1.30. The van der Waals surface area contributed by atoms with Gasteiger partial charge >= 0.3 is 0 Å². The van der Waals surface area contributed by atoms with Crippen molar-refractivity contribution in [1.82, 2.24) is 0 Å². The maximum Gasteiger partial charge on any atom is 0.227 e. The van der Waals surface area contributed by atoms with E-state index in [9.17, 15) is 4.79 Å². The summed E-state index contributed by atoms with van der Waals surface area (Å²) in [7, 11) is 0. The first-order valence-corrected chi connectivity index (χ1v) is 5.28. The van der Waals surface area contributed by atoms with Gasteiger partial charge in [0.2, 0.25) is 5.24 Å². The third kappa shape index (κ3) is 3.24. The molecule has 15 heavy (non-hydrogen) atoms. The van der Waals surface area contributed by atoms with Gasteiger partial charge in [-0.2, -0.15) is 0 Å². The second-order valence-electron chi connectivity index (χ2n) is 3.74. The maximum absolute atomic E-state index is 10.8. The zero-order valence-electron chi connectivity index (χ0n) is 9.21. The van der Waals surface area contributed by atoms with Gasteiger partial charge in [-0.3, -0.25) is 4.79 Å². The number of aryl methyl sites for hydroxylation is 2. The first kappa shape index (κ1) is 12.1. The van der Waals surface area contributed by atoms with Gasteiger partial charge in [0.25, 0.3) is 0 Å². The molecule has 0 saturated carbocycles. The van der Waals surface area contributed by atoms with Crippen molar-refractivity contribution in [2.24, 2.45) is 5.92 Å². The number of carbonyl (C=O) groups excluding carboxylic acids is 1. The van der Waals surface area contributed by atoms with Crippen molar-refractivity contribution in [3.63, 3.8) is 0 Å². The van der Waals surface area contributed by atoms with Gasteiger partial charge in [-0.25, -0.2) is 0 Å². The monoisotopic (exact) mass is 226 g/mol. The highest BCUT2D eigenvalue weighted by atomic mass is 35.5. The first-order chi connectivity index (χ1) is 7.02. The summed E-state index contributed by atoms with van der Waals surface area (Å²) in [4.78, 5) is 10.8. The Kier molecular flexibility index (Phi) is 4.15. The van der Waals surface area contributed by atoms with Crippen molar-refractivity contribution in [3.05, 3.63) is 29.3 Å². The third-order valence-electron chi connectivity index (χ3n) is 2.27. The van der Waals surface area contributed by atoms with Gasteiger partial charge < -0.3 is 4.74 Å². The van der Waals surface area contributed by atoms with Crippen LogP contribution in [-0.2, 0) is 4.79 Å². The van der Waals surface area contributed by atoms with E-state index >= 15 is 0 Å². The Balaban J connectivity index is 2.69. The molecule has 0 spiro atoms. The van der Waals surface area contributed by atoms with Crippen LogP contribution in [0.5, 0.6) is 5.75 Å². The fourth-order valence-corrected chi connectivity index (χ4v) is 1.36. The highest BCUT2D eigenvalue weighted by Gasteiger charge is 2.12. The molecule has 0 radical (unpaired) electrons. The van der Waals surface area contributed by atoms with E-state index in [-0.39, 0.29) is 11.2 Å². The van der Waals surface area contributed by atoms with Gasteiger partial charge in [0.05, 0.1) is 12.5 Å². The largest absolute Gasteiger partial charge is 0.492 e. The first-order valence-electron chi connectivity index (χ1n) is 4.90. The SMILES string of the molecule is Cc1cccc(C)c1OCC(C)C(=O)Cl. The quantitative estimate of drug-likeness (QED) is 0.738. The lowest BCUT2D eigenvalue weighted by molar-refractivity contribution is -0.115. The molecule has 0 N–H and O–H groups in total. The number of rotatable bonds is 4. The number of ether oxygens (including phenoxy) is 1. The molecular formula is C12H15ClO2. The Bertz CT molecular complexity index is 340. The van der Waals surface area contributed by atoms with Crippen molar-refractivity contribution in [2.75, 3.05) is 6.61 Å². The summed E-state index contributed by atoms with van der Waals surface area (Å²) < 4.78 is 5.59. The van der Waals surface area contributed by atoms with Crippen LogP contribution < -0.4 is 4.74 Å². The number of hydrogen-bond donors (Lipinski definition) is 0. The van der Waals surface area contributed by atoms with Crippen molar-refractivity contribution in [1.29, 1.82) is 0 Å². The lowest BCUT2D eigenvalue weighted by atomic mass is 10.1. The van der Waals surface area contributed by atoms with E-state index in [1.54, 1.807) is 6.92 Å². The molecule has 82 valence electrons. The minimum atomic E-state index is -0.360. The molecule has 3 heteroatoms. The maximum atomic E-state index is 10.8. The smallest absolute Gasteiger partial charge is 0.227 e. The predicted octanol–water partition coefficient (Wildman–Crippen LogP) is 3.08. The van der Waals surface area contributed by atoms with E-state index in [1.807, 2.05) is 32.0 Å². The van der Waals surface area contributed by atoms with E-state index in [2.05, 4.69) is 0 Å². The predicted molar refractivity (Wildman–Crippen MR) is 61.4 cm³/mol. The number of benzene rings is 1. The summed E-state index contributed by atoms with van der Waals surface area (Å²) in [5, 5.41) is -0.360. The molecule has 0 aliphatic carbocycles. The summed E-state index contributed by atoms with van der Waals surface area (Å²) in [6, 6.07) is 5.94. The minimum Gasteiger partial charge on any atom is -0.492 e. The number of carbonyl (C=O) groups is 1. The summed E-state index contributed by atoms with van der Waals surface area (Å²) in [5.41, 5.74) is 2.15. The van der Waals surface area contributed by atoms with Gasteiger partial charge in [0.15, 0.2) is 0 Å². The summed E-state index contributed by atoms with van der Waals surface area (Å²) >= 11 is 5.36. The Labute approximate surface area is 95.2 Å². The summed E-state index contributed by atoms with van der Waals surface area (Å²) in [6.07, 6.45) is 0. The highest BCUT2D eigenvalue weighted by molar-refractivity contribution is 6.63. The highest BCUT2D eigenvalue weighted by Crippen LogP contribution is 2.22. The molecule has 0 amide bonds. The topological polar surface area (TPSA) is 26.3 Å². The van der Waals surface area contributed by atoms with Crippen LogP contribution in [0.25, 0.3) is 0 Å². The van der Waals surface area contributed by atoms with Crippen molar-refractivity contribution >= 4 is 16.8 Å². The zero-order valence-corrected chi connectivity index (χ0v) is 9.97. The van der Waals surface area contributed by atoms with Crippen LogP contribution in [0.1, 0.15) is 18.1 Å². The molecule has 0 aromatic heterocycles. The molecule has 0 aliphatic heterocycles. The van der Waals surface area contributed by atoms with Crippen LogP contribution in [-0.4, -0.2) is 11.8 Å². The van der Waals surface area contributed by atoms with Crippen LogP contribution in [0.4, 0.5) is 0 Å². The minimum absolute atomic E-state index is 0.273. The summed E-state index contributed by atoms with van der Waals surface area (Å²) in [5.74, 6) is 0.577. The fraction of sp³-hybridized carbons (Fsp3) is 0.417. The number of hydrogen-bond acceptors (Lipinski definition) is 2. The average molecular weight is 227 g/mol. The molecule has 1 atom stereocenters. The Morgan fingerprint density at radius 3 is 2.40 bits per heavy atom. The number of halogens is 1. The van der Waals surface area contributed by atoms with Crippen molar-refractivity contribution in [2.45, 2.75) is 20.8 Å². The van der Waals surface area contributed by atoms with Gasteiger partial charge in [0.1, 0.15) is 5.75 Å². The molecular weight excluding hydrogens is 212 g/mol. The second kappa shape index (κ2) is 5.17. The Morgan fingerprint density at radius 1 is 1.40 bits per heavy atom. The van der Waals surface area contributed by atoms with Gasteiger partial charge in [0, 0.05) is 0 Å². The van der Waals surface area contributed by atoms with E-state index < -0.39 is 0 Å². The third-order valence-corrected chi connectivity index (χ3v) is 2.65. The van der Waals surface area contributed by atoms with Crippen molar-refractivity contribution < 1.29 is 9.53 Å². The molecule has 1 aromatic rings.